The number of benzene rings is 2. The summed E-state index contributed by atoms with van der Waals surface area (Å²) in [7, 11) is 5.26. The number of furan rings is 1. The van der Waals surface area contributed by atoms with Gasteiger partial charge in [0.2, 0.25) is 11.8 Å². The van der Waals surface area contributed by atoms with Gasteiger partial charge in [0, 0.05) is 30.4 Å². The third-order valence-corrected chi connectivity index (χ3v) is 6.09. The number of aliphatic imine (C=N–C) groups is 1. The maximum atomic E-state index is 13.6. The van der Waals surface area contributed by atoms with E-state index in [1.54, 1.807) is 42.6 Å². The topological polar surface area (TPSA) is 99.4 Å². The zero-order valence-corrected chi connectivity index (χ0v) is 21.8. The molecule has 2 aromatic carbocycles. The van der Waals surface area contributed by atoms with Gasteiger partial charge in [-0.3, -0.25) is 14.6 Å². The van der Waals surface area contributed by atoms with E-state index < -0.39 is 5.92 Å². The van der Waals surface area contributed by atoms with Gasteiger partial charge in [0.1, 0.15) is 23.9 Å². The molecule has 4 rings (SSSR count). The number of nitrogens with one attached hydrogen (secondary N) is 2. The molecule has 1 aliphatic rings. The summed E-state index contributed by atoms with van der Waals surface area (Å²) in [5.41, 5.74) is 5.40. The molecule has 37 heavy (non-hydrogen) atoms. The molecule has 2 N–H and O–H groups in total. The molecule has 1 atom stereocenters. The molecule has 2 amide bonds. The Bertz CT molecular complexity index is 1280. The first-order valence-corrected chi connectivity index (χ1v) is 12.2. The standard InChI is InChI=1S/C27H30ClN5O4/c1-32(2)31-25-16-33(17-26(34)30-22-7-4-6-18(14-22)24-8-5-11-37-24)27(35)20(15-29-25)12-19-13-21(28)9-10-23(19)36-3/h4-11,13-14,20H,12,15-17H2,1-3H3,(H,29,31)(H,30,34)/t20-/m1/s1. The number of rotatable bonds is 8. The number of halogens is 1. The molecular formula is C27H30ClN5O4. The van der Waals surface area contributed by atoms with Crippen molar-refractivity contribution < 1.29 is 18.7 Å². The van der Waals surface area contributed by atoms with E-state index in [0.717, 1.165) is 11.1 Å². The van der Waals surface area contributed by atoms with Crippen LogP contribution >= 0.6 is 11.6 Å². The monoisotopic (exact) mass is 523 g/mol. The zero-order valence-electron chi connectivity index (χ0n) is 21.0. The van der Waals surface area contributed by atoms with Crippen LogP contribution in [0.1, 0.15) is 5.56 Å². The normalized spacial score (nSPS) is 15.8. The van der Waals surface area contributed by atoms with Gasteiger partial charge in [0.25, 0.3) is 0 Å². The second-order valence-electron chi connectivity index (χ2n) is 8.95. The van der Waals surface area contributed by atoms with Crippen molar-refractivity contribution in [3.63, 3.8) is 0 Å². The molecule has 2 heterocycles. The molecule has 0 fully saturated rings. The van der Waals surface area contributed by atoms with Crippen molar-refractivity contribution in [1.82, 2.24) is 15.3 Å². The van der Waals surface area contributed by atoms with Crippen LogP contribution in [0.2, 0.25) is 5.02 Å². The van der Waals surface area contributed by atoms with E-state index in [9.17, 15) is 9.59 Å². The van der Waals surface area contributed by atoms with E-state index in [0.29, 0.717) is 34.5 Å². The molecule has 0 bridgehead atoms. The van der Waals surface area contributed by atoms with Gasteiger partial charge in [-0.2, -0.15) is 0 Å². The number of carbonyl (C=O) groups is 2. The van der Waals surface area contributed by atoms with Crippen LogP contribution < -0.4 is 15.5 Å². The Morgan fingerprint density at radius 1 is 1.22 bits per heavy atom. The fourth-order valence-corrected chi connectivity index (χ4v) is 4.41. The molecule has 194 valence electrons. The first-order valence-electron chi connectivity index (χ1n) is 11.8. The maximum Gasteiger partial charge on any atom is 0.244 e. The SMILES string of the molecule is COc1ccc(Cl)cc1C[C@@H]1CN=C(NN(C)C)CN(CC(=O)Nc2cccc(-c3ccco3)c2)C1=O. The molecule has 0 radical (unpaired) electrons. The third kappa shape index (κ3) is 6.90. The summed E-state index contributed by atoms with van der Waals surface area (Å²) >= 11 is 6.21. The number of hydrogen-bond donors (Lipinski definition) is 2. The summed E-state index contributed by atoms with van der Waals surface area (Å²) in [6, 6.07) is 16.3. The van der Waals surface area contributed by atoms with E-state index in [2.05, 4.69) is 15.7 Å². The third-order valence-electron chi connectivity index (χ3n) is 5.85. The Hall–Kier alpha value is -3.82. The minimum absolute atomic E-state index is 0.124. The van der Waals surface area contributed by atoms with Gasteiger partial charge in [-0.15, -0.1) is 0 Å². The fraction of sp³-hybridized carbons (Fsp3) is 0.296. The van der Waals surface area contributed by atoms with E-state index in [4.69, 9.17) is 20.8 Å². The summed E-state index contributed by atoms with van der Waals surface area (Å²) < 4.78 is 10.9. The number of nitrogens with zero attached hydrogens (tertiary/aromatic N) is 3. The predicted molar refractivity (Wildman–Crippen MR) is 144 cm³/mol. The van der Waals surface area contributed by atoms with Crippen molar-refractivity contribution in [3.05, 3.63) is 71.4 Å². The van der Waals surface area contributed by atoms with Gasteiger partial charge in [-0.25, -0.2) is 5.01 Å². The van der Waals surface area contributed by atoms with Crippen LogP contribution in [-0.4, -0.2) is 68.4 Å². The lowest BCUT2D eigenvalue weighted by atomic mass is 9.97. The lowest BCUT2D eigenvalue weighted by Gasteiger charge is -2.25. The first-order chi connectivity index (χ1) is 17.8. The van der Waals surface area contributed by atoms with E-state index in [1.807, 2.05) is 44.4 Å². The lowest BCUT2D eigenvalue weighted by Crippen LogP contribution is -2.47. The van der Waals surface area contributed by atoms with Crippen molar-refractivity contribution in [1.29, 1.82) is 0 Å². The van der Waals surface area contributed by atoms with Crippen LogP contribution in [0, 0.1) is 5.92 Å². The van der Waals surface area contributed by atoms with Crippen molar-refractivity contribution in [2.45, 2.75) is 6.42 Å². The summed E-state index contributed by atoms with van der Waals surface area (Å²) in [6.45, 7) is 0.329. The van der Waals surface area contributed by atoms with E-state index in [1.165, 1.54) is 4.90 Å². The number of hydrogen-bond acceptors (Lipinski definition) is 7. The van der Waals surface area contributed by atoms with Crippen molar-refractivity contribution in [2.24, 2.45) is 10.9 Å². The quantitative estimate of drug-likeness (QED) is 0.437. The second kappa shape index (κ2) is 11.9. The largest absolute Gasteiger partial charge is 0.496 e. The number of ether oxygens (including phenoxy) is 1. The molecule has 0 saturated heterocycles. The van der Waals surface area contributed by atoms with Gasteiger partial charge >= 0.3 is 0 Å². The van der Waals surface area contributed by atoms with Gasteiger partial charge in [-0.05, 0) is 54.4 Å². The second-order valence-corrected chi connectivity index (χ2v) is 9.39. The molecule has 0 spiro atoms. The van der Waals surface area contributed by atoms with Crippen LogP contribution in [0.5, 0.6) is 5.75 Å². The smallest absolute Gasteiger partial charge is 0.244 e. The number of amidine groups is 1. The molecule has 0 unspecified atom stereocenters. The fourth-order valence-electron chi connectivity index (χ4n) is 4.22. The Morgan fingerprint density at radius 3 is 2.78 bits per heavy atom. The molecule has 0 saturated carbocycles. The highest BCUT2D eigenvalue weighted by molar-refractivity contribution is 6.30. The number of anilines is 1. The summed E-state index contributed by atoms with van der Waals surface area (Å²) in [6.07, 6.45) is 1.98. The molecule has 3 aromatic rings. The van der Waals surface area contributed by atoms with Gasteiger partial charge < -0.3 is 24.8 Å². The Kier molecular flexibility index (Phi) is 8.47. The average molecular weight is 524 g/mol. The lowest BCUT2D eigenvalue weighted by molar-refractivity contribution is -0.137. The molecular weight excluding hydrogens is 494 g/mol. The van der Waals surface area contributed by atoms with Gasteiger partial charge in [0.05, 0.1) is 32.4 Å². The first kappa shape index (κ1) is 26.2. The van der Waals surface area contributed by atoms with Crippen LogP contribution in [0.25, 0.3) is 11.3 Å². The molecule has 10 heteroatoms. The van der Waals surface area contributed by atoms with Crippen molar-refractivity contribution >= 4 is 34.9 Å². The number of methoxy groups -OCH3 is 1. The highest BCUT2D eigenvalue weighted by atomic mass is 35.5. The summed E-state index contributed by atoms with van der Waals surface area (Å²) in [4.78, 5) is 32.8. The molecule has 9 nitrogen and oxygen atoms in total. The van der Waals surface area contributed by atoms with Crippen LogP contribution in [0.4, 0.5) is 5.69 Å². The van der Waals surface area contributed by atoms with Gasteiger partial charge in [0.15, 0.2) is 0 Å². The van der Waals surface area contributed by atoms with E-state index in [-0.39, 0.29) is 31.4 Å². The number of hydrazine groups is 1. The number of amides is 2. The van der Waals surface area contributed by atoms with Crippen molar-refractivity contribution in [3.8, 4) is 17.1 Å². The van der Waals surface area contributed by atoms with Crippen LogP contribution in [0.15, 0.2) is 70.3 Å². The highest BCUT2D eigenvalue weighted by Crippen LogP contribution is 2.27. The Morgan fingerprint density at radius 2 is 2.05 bits per heavy atom. The Balaban J connectivity index is 1.51. The zero-order chi connectivity index (χ0) is 26.4. The summed E-state index contributed by atoms with van der Waals surface area (Å²) in [5.74, 6) is 0.998. The maximum absolute atomic E-state index is 13.6. The van der Waals surface area contributed by atoms with E-state index >= 15 is 0 Å². The molecule has 0 aliphatic carbocycles. The average Bonchev–Trinajstić information content (AvgIpc) is 3.36. The van der Waals surface area contributed by atoms with Gasteiger partial charge in [-0.1, -0.05) is 23.7 Å². The predicted octanol–water partition coefficient (Wildman–Crippen LogP) is 3.71. The molecule has 1 aliphatic heterocycles. The minimum atomic E-state index is -0.482. The van der Waals surface area contributed by atoms with Crippen molar-refractivity contribution in [2.75, 3.05) is 46.2 Å². The summed E-state index contributed by atoms with van der Waals surface area (Å²) in [5, 5.41) is 5.21. The highest BCUT2D eigenvalue weighted by Gasteiger charge is 2.31. The molecule has 1 aromatic heterocycles. The van der Waals surface area contributed by atoms with Crippen LogP contribution in [0.3, 0.4) is 0 Å². The van der Waals surface area contributed by atoms with Crippen LogP contribution in [-0.2, 0) is 16.0 Å². The number of carbonyl (C=O) groups excluding carboxylic acids is 2. The Labute approximate surface area is 221 Å². The minimum Gasteiger partial charge on any atom is -0.496 e.